The minimum atomic E-state index is 0.670. The Morgan fingerprint density at radius 1 is 0.840 bits per heavy atom. The van der Waals surface area contributed by atoms with Gasteiger partial charge in [-0.05, 0) is 99.7 Å². The van der Waals surface area contributed by atoms with Crippen molar-refractivity contribution in [3.63, 3.8) is 0 Å². The fourth-order valence-electron chi connectivity index (χ4n) is 4.96. The molecule has 2 heteroatoms. The molecule has 0 radical (unpaired) electrons. The summed E-state index contributed by atoms with van der Waals surface area (Å²) in [7, 11) is 0. The van der Waals surface area contributed by atoms with Crippen molar-refractivity contribution in [3.05, 3.63) is 46.0 Å². The predicted octanol–water partition coefficient (Wildman–Crippen LogP) is 8.43. The van der Waals surface area contributed by atoms with Gasteiger partial charge in [-0.15, -0.1) is 0 Å². The largest absolute Gasteiger partial charge is 0.0914 e. The van der Waals surface area contributed by atoms with Gasteiger partial charge in [-0.1, -0.05) is 54.3 Å². The van der Waals surface area contributed by atoms with Gasteiger partial charge in [-0.25, -0.2) is 0 Å². The molecule has 2 fully saturated rings. The third-order valence-electron chi connectivity index (χ3n) is 6.60. The van der Waals surface area contributed by atoms with Crippen LogP contribution in [0.2, 0.25) is 10.0 Å². The Hall–Kier alpha value is -0.460. The average molecular weight is 379 g/mol. The van der Waals surface area contributed by atoms with E-state index in [1.165, 1.54) is 69.8 Å². The topological polar surface area (TPSA) is 0 Å². The van der Waals surface area contributed by atoms with Crippen molar-refractivity contribution in [1.82, 2.24) is 0 Å². The molecule has 0 nitrogen and oxygen atoms in total. The number of hydrogen-bond acceptors (Lipinski definition) is 0. The van der Waals surface area contributed by atoms with Crippen molar-refractivity contribution >= 4 is 23.2 Å². The molecule has 0 atom stereocenters. The van der Waals surface area contributed by atoms with Gasteiger partial charge in [-0.3, -0.25) is 0 Å². The van der Waals surface area contributed by atoms with E-state index in [9.17, 15) is 0 Å². The van der Waals surface area contributed by atoms with Gasteiger partial charge in [0.2, 0.25) is 0 Å². The van der Waals surface area contributed by atoms with Crippen LogP contribution < -0.4 is 0 Å². The first-order chi connectivity index (χ1) is 12.2. The highest BCUT2D eigenvalue weighted by molar-refractivity contribution is 6.42. The maximum Gasteiger partial charge on any atom is 0.0595 e. The van der Waals surface area contributed by atoms with Crippen LogP contribution in [0.1, 0.15) is 82.6 Å². The minimum absolute atomic E-state index is 0.670. The van der Waals surface area contributed by atoms with Crippen LogP contribution in [0, 0.1) is 17.8 Å². The lowest BCUT2D eigenvalue weighted by molar-refractivity contribution is 0.246. The van der Waals surface area contributed by atoms with Crippen LogP contribution in [0.15, 0.2) is 30.4 Å². The number of halogens is 2. The summed E-state index contributed by atoms with van der Waals surface area (Å²) in [6, 6.07) is 6.20. The molecule has 1 aromatic rings. The van der Waals surface area contributed by atoms with Crippen molar-refractivity contribution < 1.29 is 0 Å². The van der Waals surface area contributed by atoms with Gasteiger partial charge in [0.1, 0.15) is 0 Å². The first-order valence-corrected chi connectivity index (χ1v) is 11.0. The summed E-state index contributed by atoms with van der Waals surface area (Å²) < 4.78 is 0. The van der Waals surface area contributed by atoms with Crippen LogP contribution >= 0.6 is 23.2 Å². The van der Waals surface area contributed by atoms with Gasteiger partial charge >= 0.3 is 0 Å². The Bertz CT molecular complexity index is 561. The Morgan fingerprint density at radius 2 is 1.44 bits per heavy atom. The highest BCUT2D eigenvalue weighted by Crippen LogP contribution is 2.40. The molecule has 2 aliphatic rings. The smallest absolute Gasteiger partial charge is 0.0595 e. The SMILES string of the molecule is C/C=C/[C@H]1CC[C@H](CCC2CCC(c3ccc(Cl)c(Cl)c3)CC2)CC1. The highest BCUT2D eigenvalue weighted by Gasteiger charge is 2.25. The Labute approximate surface area is 164 Å². The van der Waals surface area contributed by atoms with E-state index in [0.717, 1.165) is 17.8 Å². The standard InChI is InChI=1S/C23H32Cl2/c1-2-3-17-4-6-18(7-5-17)8-9-19-10-12-20(13-11-19)21-14-15-22(24)23(25)16-21/h2-3,14-20H,4-13H2,1H3/b3-2+/t17-,18-,19?,20?. The predicted molar refractivity (Wildman–Crippen MR) is 111 cm³/mol. The van der Waals surface area contributed by atoms with Crippen LogP contribution in [-0.4, -0.2) is 0 Å². The average Bonchev–Trinajstić information content (AvgIpc) is 2.64. The van der Waals surface area contributed by atoms with Crippen LogP contribution in [-0.2, 0) is 0 Å². The van der Waals surface area contributed by atoms with E-state index in [0.29, 0.717) is 16.0 Å². The lowest BCUT2D eigenvalue weighted by Gasteiger charge is -2.31. The first kappa shape index (κ1) is 19.3. The lowest BCUT2D eigenvalue weighted by atomic mass is 9.74. The highest BCUT2D eigenvalue weighted by atomic mass is 35.5. The van der Waals surface area contributed by atoms with Gasteiger partial charge in [0.25, 0.3) is 0 Å². The second kappa shape index (κ2) is 9.47. The molecule has 0 spiro atoms. The normalized spacial score (nSPS) is 30.7. The third-order valence-corrected chi connectivity index (χ3v) is 7.34. The number of benzene rings is 1. The molecule has 2 aliphatic carbocycles. The zero-order chi connectivity index (χ0) is 17.6. The second-order valence-electron chi connectivity index (χ2n) is 8.28. The van der Waals surface area contributed by atoms with E-state index in [1.807, 2.05) is 6.07 Å². The minimum Gasteiger partial charge on any atom is -0.0914 e. The fourth-order valence-corrected chi connectivity index (χ4v) is 5.27. The van der Waals surface area contributed by atoms with Gasteiger partial charge < -0.3 is 0 Å². The summed E-state index contributed by atoms with van der Waals surface area (Å²) in [5, 5.41) is 1.37. The Kier molecular flexibility index (Phi) is 7.31. The Morgan fingerprint density at radius 3 is 2.00 bits per heavy atom. The first-order valence-electron chi connectivity index (χ1n) is 10.2. The zero-order valence-electron chi connectivity index (χ0n) is 15.5. The lowest BCUT2D eigenvalue weighted by Crippen LogP contribution is -2.17. The molecule has 0 unspecified atom stereocenters. The van der Waals surface area contributed by atoms with E-state index in [4.69, 9.17) is 23.2 Å². The van der Waals surface area contributed by atoms with Gasteiger partial charge in [0.15, 0.2) is 0 Å². The van der Waals surface area contributed by atoms with Crippen molar-refractivity contribution in [2.24, 2.45) is 17.8 Å². The molecule has 0 aliphatic heterocycles. The molecular weight excluding hydrogens is 347 g/mol. The van der Waals surface area contributed by atoms with Crippen LogP contribution in [0.5, 0.6) is 0 Å². The third kappa shape index (κ3) is 5.51. The van der Waals surface area contributed by atoms with Crippen LogP contribution in [0.4, 0.5) is 0 Å². The van der Waals surface area contributed by atoms with E-state index in [2.05, 4.69) is 31.2 Å². The second-order valence-corrected chi connectivity index (χ2v) is 9.09. The maximum absolute atomic E-state index is 6.19. The quantitative estimate of drug-likeness (QED) is 0.450. The van der Waals surface area contributed by atoms with E-state index in [1.54, 1.807) is 0 Å². The monoisotopic (exact) mass is 378 g/mol. The van der Waals surface area contributed by atoms with E-state index in [-0.39, 0.29) is 0 Å². The molecule has 0 bridgehead atoms. The summed E-state index contributed by atoms with van der Waals surface area (Å²) in [4.78, 5) is 0. The van der Waals surface area contributed by atoms with Gasteiger partial charge in [0, 0.05) is 0 Å². The summed E-state index contributed by atoms with van der Waals surface area (Å²) in [5.74, 6) is 3.49. The molecular formula is C23H32Cl2. The molecule has 0 amide bonds. The Balaban J connectivity index is 1.39. The van der Waals surface area contributed by atoms with Crippen molar-refractivity contribution in [2.75, 3.05) is 0 Å². The molecule has 25 heavy (non-hydrogen) atoms. The van der Waals surface area contributed by atoms with Crippen molar-refractivity contribution in [1.29, 1.82) is 0 Å². The fraction of sp³-hybridized carbons (Fsp3) is 0.652. The number of rotatable bonds is 5. The molecule has 0 saturated heterocycles. The molecule has 138 valence electrons. The van der Waals surface area contributed by atoms with Crippen molar-refractivity contribution in [2.45, 2.75) is 77.0 Å². The molecule has 0 heterocycles. The number of allylic oxidation sites excluding steroid dienone is 2. The molecule has 0 N–H and O–H groups in total. The molecule has 0 aromatic heterocycles. The zero-order valence-corrected chi connectivity index (χ0v) is 17.0. The maximum atomic E-state index is 6.19. The number of hydrogen-bond donors (Lipinski definition) is 0. The van der Waals surface area contributed by atoms with Gasteiger partial charge in [-0.2, -0.15) is 0 Å². The summed E-state index contributed by atoms with van der Waals surface area (Å²) in [6.07, 6.45) is 18.7. The molecule has 3 rings (SSSR count). The molecule has 2 saturated carbocycles. The van der Waals surface area contributed by atoms with Crippen LogP contribution in [0.25, 0.3) is 0 Å². The summed E-state index contributed by atoms with van der Waals surface area (Å²) in [6.45, 7) is 2.15. The summed E-state index contributed by atoms with van der Waals surface area (Å²) in [5.41, 5.74) is 1.38. The van der Waals surface area contributed by atoms with E-state index < -0.39 is 0 Å². The van der Waals surface area contributed by atoms with Crippen molar-refractivity contribution in [3.8, 4) is 0 Å². The van der Waals surface area contributed by atoms with E-state index >= 15 is 0 Å². The van der Waals surface area contributed by atoms with Gasteiger partial charge in [0.05, 0.1) is 10.0 Å². The molecule has 1 aromatic carbocycles. The summed E-state index contributed by atoms with van der Waals surface area (Å²) >= 11 is 12.2. The van der Waals surface area contributed by atoms with Crippen LogP contribution in [0.3, 0.4) is 0 Å².